The van der Waals surface area contributed by atoms with Crippen LogP contribution in [0.5, 0.6) is 5.06 Å². The molecule has 3 nitrogen and oxygen atoms in total. The maximum Gasteiger partial charge on any atom is 0.196 e. The molecular weight excluding hydrogens is 172 g/mol. The molecule has 12 heavy (non-hydrogen) atoms. The van der Waals surface area contributed by atoms with Gasteiger partial charge in [-0.25, -0.2) is 0 Å². The van der Waals surface area contributed by atoms with Gasteiger partial charge in [-0.05, 0) is 12.1 Å². The van der Waals surface area contributed by atoms with Crippen molar-refractivity contribution in [3.05, 3.63) is 18.2 Å². The molecule has 4 heteroatoms. The minimum atomic E-state index is 0.142. The highest BCUT2D eigenvalue weighted by molar-refractivity contribution is 7.21. The van der Waals surface area contributed by atoms with Gasteiger partial charge in [0, 0.05) is 15.8 Å². The van der Waals surface area contributed by atoms with Gasteiger partial charge in [-0.2, -0.15) is 0 Å². The lowest BCUT2D eigenvalue weighted by atomic mass is 10.2. The fourth-order valence-electron chi connectivity index (χ4n) is 1.19. The first kappa shape index (κ1) is 7.24. The van der Waals surface area contributed by atoms with Crippen LogP contribution < -0.4 is 11.5 Å². The molecule has 0 aliphatic carbocycles. The van der Waals surface area contributed by atoms with Gasteiger partial charge in [0.05, 0.1) is 5.69 Å². The summed E-state index contributed by atoms with van der Waals surface area (Å²) < 4.78 is 0.921. The zero-order valence-corrected chi connectivity index (χ0v) is 7.06. The number of nitrogens with two attached hydrogens (primary N) is 2. The molecule has 1 heterocycles. The van der Waals surface area contributed by atoms with E-state index in [-0.39, 0.29) is 5.06 Å². The molecule has 0 bridgehead atoms. The second-order valence-corrected chi connectivity index (χ2v) is 3.57. The summed E-state index contributed by atoms with van der Waals surface area (Å²) in [5.41, 5.74) is 12.3. The van der Waals surface area contributed by atoms with Gasteiger partial charge in [-0.3, -0.25) is 0 Å². The van der Waals surface area contributed by atoms with Gasteiger partial charge in [0.2, 0.25) is 0 Å². The van der Waals surface area contributed by atoms with Crippen molar-refractivity contribution >= 4 is 32.8 Å². The van der Waals surface area contributed by atoms with Gasteiger partial charge in [0.15, 0.2) is 5.06 Å². The first-order valence-electron chi connectivity index (χ1n) is 3.45. The Morgan fingerprint density at radius 2 is 2.00 bits per heavy atom. The molecule has 0 unspecified atom stereocenters. The predicted molar refractivity (Wildman–Crippen MR) is 52.3 cm³/mol. The van der Waals surface area contributed by atoms with Crippen molar-refractivity contribution in [2.45, 2.75) is 0 Å². The van der Waals surface area contributed by atoms with Crippen LogP contribution in [0.4, 0.5) is 11.4 Å². The fraction of sp³-hybridized carbons (Fsp3) is 0. The van der Waals surface area contributed by atoms with Crippen LogP contribution in [0.15, 0.2) is 18.2 Å². The van der Waals surface area contributed by atoms with Gasteiger partial charge in [-0.15, -0.1) is 0 Å². The summed E-state index contributed by atoms with van der Waals surface area (Å²) in [4.78, 5) is 0. The SMILES string of the molecule is Nc1cccc2sc(O)c(N)c12. The first-order valence-corrected chi connectivity index (χ1v) is 4.27. The van der Waals surface area contributed by atoms with Gasteiger partial charge >= 0.3 is 0 Å². The van der Waals surface area contributed by atoms with Crippen LogP contribution in [0.1, 0.15) is 0 Å². The molecule has 1 aromatic carbocycles. The Kier molecular flexibility index (Phi) is 1.38. The molecule has 0 aliphatic rings. The molecule has 0 aliphatic heterocycles. The smallest absolute Gasteiger partial charge is 0.196 e. The Morgan fingerprint density at radius 1 is 1.25 bits per heavy atom. The van der Waals surface area contributed by atoms with Crippen LogP contribution >= 0.6 is 11.3 Å². The Morgan fingerprint density at radius 3 is 2.67 bits per heavy atom. The van der Waals surface area contributed by atoms with Crippen LogP contribution in [0.2, 0.25) is 0 Å². The lowest BCUT2D eigenvalue weighted by Crippen LogP contribution is -1.88. The highest BCUT2D eigenvalue weighted by atomic mass is 32.1. The number of nitrogen functional groups attached to an aromatic ring is 2. The normalized spacial score (nSPS) is 10.7. The minimum absolute atomic E-state index is 0.142. The summed E-state index contributed by atoms with van der Waals surface area (Å²) in [7, 11) is 0. The van der Waals surface area contributed by atoms with Gasteiger partial charge < -0.3 is 16.6 Å². The number of hydrogen-bond acceptors (Lipinski definition) is 4. The van der Waals surface area contributed by atoms with Crippen molar-refractivity contribution < 1.29 is 5.11 Å². The Balaban J connectivity index is 2.97. The number of hydrogen-bond donors (Lipinski definition) is 3. The summed E-state index contributed by atoms with van der Waals surface area (Å²) in [6.07, 6.45) is 0. The fourth-order valence-corrected chi connectivity index (χ4v) is 2.08. The van der Waals surface area contributed by atoms with E-state index in [0.29, 0.717) is 11.4 Å². The zero-order chi connectivity index (χ0) is 8.72. The number of rotatable bonds is 0. The summed E-state index contributed by atoms with van der Waals surface area (Å²) >= 11 is 1.24. The van der Waals surface area contributed by atoms with E-state index in [2.05, 4.69) is 0 Å². The van der Waals surface area contributed by atoms with E-state index in [1.165, 1.54) is 11.3 Å². The van der Waals surface area contributed by atoms with Crippen LogP contribution in [0, 0.1) is 0 Å². The number of aromatic hydroxyl groups is 1. The van der Waals surface area contributed by atoms with E-state index in [1.807, 2.05) is 12.1 Å². The molecule has 62 valence electrons. The van der Waals surface area contributed by atoms with Crippen LogP contribution in [0.25, 0.3) is 10.1 Å². The van der Waals surface area contributed by atoms with Crippen molar-refractivity contribution in [2.24, 2.45) is 0 Å². The first-order chi connectivity index (χ1) is 5.70. The number of anilines is 2. The summed E-state index contributed by atoms with van der Waals surface area (Å²) in [5.74, 6) is 0. The average Bonchev–Trinajstić information content (AvgIpc) is 2.29. The second kappa shape index (κ2) is 2.28. The summed E-state index contributed by atoms with van der Waals surface area (Å²) in [6, 6.07) is 5.49. The molecule has 1 aromatic heterocycles. The standard InChI is InChI=1S/C8H8N2OS/c9-4-2-1-3-5-6(4)7(10)8(11)12-5/h1-3,11H,9-10H2. The monoisotopic (exact) mass is 180 g/mol. The van der Waals surface area contributed by atoms with Gasteiger partial charge in [-0.1, -0.05) is 17.4 Å². The van der Waals surface area contributed by atoms with Crippen molar-refractivity contribution in [3.8, 4) is 5.06 Å². The number of benzene rings is 1. The second-order valence-electron chi connectivity index (χ2n) is 2.54. The van der Waals surface area contributed by atoms with E-state index in [4.69, 9.17) is 11.5 Å². The molecular formula is C8H8N2OS. The minimum Gasteiger partial charge on any atom is -0.498 e. The summed E-state index contributed by atoms with van der Waals surface area (Å²) in [6.45, 7) is 0. The quantitative estimate of drug-likeness (QED) is 0.541. The van der Waals surface area contributed by atoms with E-state index in [1.54, 1.807) is 6.07 Å². The molecule has 0 amide bonds. The number of thiophene rings is 1. The van der Waals surface area contributed by atoms with Crippen molar-refractivity contribution in [2.75, 3.05) is 11.5 Å². The molecule has 0 fully saturated rings. The topological polar surface area (TPSA) is 72.3 Å². The lowest BCUT2D eigenvalue weighted by Gasteiger charge is -1.95. The maximum absolute atomic E-state index is 9.31. The summed E-state index contributed by atoms with van der Waals surface area (Å²) in [5, 5.41) is 10.2. The molecule has 2 aromatic rings. The Hall–Kier alpha value is -1.42. The van der Waals surface area contributed by atoms with E-state index < -0.39 is 0 Å². The van der Waals surface area contributed by atoms with Crippen molar-refractivity contribution in [1.82, 2.24) is 0 Å². The Labute approximate surface area is 73.2 Å². The molecule has 0 saturated heterocycles. The highest BCUT2D eigenvalue weighted by Gasteiger charge is 2.09. The van der Waals surface area contributed by atoms with E-state index in [0.717, 1.165) is 10.1 Å². The van der Waals surface area contributed by atoms with Crippen LogP contribution in [-0.4, -0.2) is 5.11 Å². The molecule has 0 spiro atoms. The lowest BCUT2D eigenvalue weighted by molar-refractivity contribution is 0.494. The average molecular weight is 180 g/mol. The van der Waals surface area contributed by atoms with Crippen molar-refractivity contribution in [3.63, 3.8) is 0 Å². The molecule has 0 saturated carbocycles. The maximum atomic E-state index is 9.31. The molecule has 2 rings (SSSR count). The largest absolute Gasteiger partial charge is 0.498 e. The van der Waals surface area contributed by atoms with Crippen molar-refractivity contribution in [1.29, 1.82) is 0 Å². The van der Waals surface area contributed by atoms with E-state index >= 15 is 0 Å². The third kappa shape index (κ3) is 0.816. The van der Waals surface area contributed by atoms with Gasteiger partial charge in [0.25, 0.3) is 0 Å². The molecule has 0 atom stereocenters. The van der Waals surface area contributed by atoms with Crippen LogP contribution in [-0.2, 0) is 0 Å². The third-order valence-electron chi connectivity index (χ3n) is 1.76. The predicted octanol–water partition coefficient (Wildman–Crippen LogP) is 1.77. The zero-order valence-electron chi connectivity index (χ0n) is 6.24. The van der Waals surface area contributed by atoms with Crippen LogP contribution in [0.3, 0.4) is 0 Å². The highest BCUT2D eigenvalue weighted by Crippen LogP contribution is 2.41. The van der Waals surface area contributed by atoms with E-state index in [9.17, 15) is 5.11 Å². The number of fused-ring (bicyclic) bond motifs is 1. The van der Waals surface area contributed by atoms with Gasteiger partial charge in [0.1, 0.15) is 0 Å². The third-order valence-corrected chi connectivity index (χ3v) is 2.74. The molecule has 5 N–H and O–H groups in total. The molecule has 0 radical (unpaired) electrons. The Bertz CT molecular complexity index is 436.